The number of nitrogens with one attached hydrogen (secondary N) is 2. The second kappa shape index (κ2) is 8.54. The van der Waals surface area contributed by atoms with Crippen LogP contribution in [-0.4, -0.2) is 41.3 Å². The summed E-state index contributed by atoms with van der Waals surface area (Å²) in [6.45, 7) is 0.205. The van der Waals surface area contributed by atoms with Crippen LogP contribution in [0.15, 0.2) is 48.5 Å². The van der Waals surface area contributed by atoms with Crippen molar-refractivity contribution in [2.45, 2.75) is 56.0 Å². The molecule has 7 heteroatoms. The van der Waals surface area contributed by atoms with Gasteiger partial charge in [0.1, 0.15) is 12.1 Å². The maximum atomic E-state index is 12.8. The molecule has 0 aromatic heterocycles. The summed E-state index contributed by atoms with van der Waals surface area (Å²) < 4.78 is 5.60. The Kier molecular flexibility index (Phi) is 5.56. The van der Waals surface area contributed by atoms with Crippen LogP contribution in [0.5, 0.6) is 0 Å². The van der Waals surface area contributed by atoms with Gasteiger partial charge in [0.15, 0.2) is 0 Å². The lowest BCUT2D eigenvalue weighted by Gasteiger charge is -2.21. The molecule has 2 atom stereocenters. The van der Waals surface area contributed by atoms with Gasteiger partial charge in [-0.15, -0.1) is 0 Å². The van der Waals surface area contributed by atoms with Crippen LogP contribution in [0.2, 0.25) is 0 Å². The van der Waals surface area contributed by atoms with E-state index >= 15 is 0 Å². The van der Waals surface area contributed by atoms with Gasteiger partial charge in [0, 0.05) is 18.4 Å². The number of carboxylic acid groups (broad SMARTS) is 1. The maximum absolute atomic E-state index is 12.8. The van der Waals surface area contributed by atoms with E-state index < -0.39 is 17.6 Å². The number of benzene rings is 2. The molecule has 7 nitrogen and oxygen atoms in total. The molecule has 3 N–H and O–H groups in total. The zero-order valence-electron chi connectivity index (χ0n) is 18.4. The first-order valence-electron chi connectivity index (χ1n) is 11.6. The highest BCUT2D eigenvalue weighted by molar-refractivity contribution is 5.93. The second-order valence-corrected chi connectivity index (χ2v) is 9.48. The van der Waals surface area contributed by atoms with Gasteiger partial charge in [-0.25, -0.2) is 4.79 Å². The molecular formula is C26H28N2O5. The Morgan fingerprint density at radius 3 is 2.21 bits per heavy atom. The number of hydrogen-bond acceptors (Lipinski definition) is 4. The minimum Gasteiger partial charge on any atom is -0.481 e. The first-order chi connectivity index (χ1) is 15.9. The molecule has 2 amide bonds. The third kappa shape index (κ3) is 4.32. The van der Waals surface area contributed by atoms with Crippen LogP contribution in [0.3, 0.4) is 0 Å². The van der Waals surface area contributed by atoms with Crippen LogP contribution in [0.25, 0.3) is 11.1 Å². The predicted octanol–water partition coefficient (Wildman–Crippen LogP) is 3.82. The summed E-state index contributed by atoms with van der Waals surface area (Å²) in [5.74, 6) is -0.936. The van der Waals surface area contributed by atoms with Gasteiger partial charge in [0.2, 0.25) is 5.91 Å². The van der Waals surface area contributed by atoms with Crippen molar-refractivity contribution in [1.29, 1.82) is 0 Å². The third-order valence-corrected chi connectivity index (χ3v) is 7.21. The monoisotopic (exact) mass is 448 g/mol. The summed E-state index contributed by atoms with van der Waals surface area (Å²) in [5.41, 5.74) is 3.70. The van der Waals surface area contributed by atoms with Gasteiger partial charge in [0.05, 0.1) is 0 Å². The summed E-state index contributed by atoms with van der Waals surface area (Å²) in [6, 6.07) is 16.3. The van der Waals surface area contributed by atoms with E-state index in [-0.39, 0.29) is 36.8 Å². The number of carbonyl (C=O) groups is 3. The largest absolute Gasteiger partial charge is 0.481 e. The average molecular weight is 449 g/mol. The Balaban J connectivity index is 1.17. The number of carboxylic acids is 1. The molecule has 2 unspecified atom stereocenters. The lowest BCUT2D eigenvalue weighted by Crippen LogP contribution is -2.51. The van der Waals surface area contributed by atoms with E-state index in [9.17, 15) is 14.4 Å². The molecule has 0 spiro atoms. The second-order valence-electron chi connectivity index (χ2n) is 9.48. The van der Waals surface area contributed by atoms with Gasteiger partial charge in [0.25, 0.3) is 0 Å². The van der Waals surface area contributed by atoms with Crippen molar-refractivity contribution < 1.29 is 24.2 Å². The van der Waals surface area contributed by atoms with Gasteiger partial charge in [-0.1, -0.05) is 48.5 Å². The number of amides is 2. The summed E-state index contributed by atoms with van der Waals surface area (Å²) >= 11 is 0. The van der Waals surface area contributed by atoms with Crippen LogP contribution < -0.4 is 10.6 Å². The number of alkyl carbamates (subject to hydrolysis) is 1. The number of carbonyl (C=O) groups excluding carboxylic acids is 2. The molecule has 33 heavy (non-hydrogen) atoms. The highest BCUT2D eigenvalue weighted by atomic mass is 16.5. The Bertz CT molecular complexity index is 1050. The van der Waals surface area contributed by atoms with E-state index in [1.54, 1.807) is 0 Å². The quantitative estimate of drug-likeness (QED) is 0.597. The van der Waals surface area contributed by atoms with E-state index in [1.165, 1.54) is 0 Å². The molecule has 2 saturated carbocycles. The summed E-state index contributed by atoms with van der Waals surface area (Å²) in [4.78, 5) is 36.4. The Labute approximate surface area is 192 Å². The molecule has 3 aliphatic rings. The third-order valence-electron chi connectivity index (χ3n) is 7.21. The standard InChI is InChI=1S/C26H28N2O5/c29-23(30)14-16-9-10-17(13-16)27-24(31)26(11-12-26)28-25(32)33-15-22-20-7-3-1-5-18(20)19-6-2-4-8-21(19)22/h1-8,16-17,22H,9-15H2,(H,27,31)(H,28,32)(H,29,30). The molecule has 0 aliphatic heterocycles. The van der Waals surface area contributed by atoms with Crippen molar-refractivity contribution >= 4 is 18.0 Å². The smallest absolute Gasteiger partial charge is 0.408 e. The molecular weight excluding hydrogens is 420 g/mol. The molecule has 0 bridgehead atoms. The van der Waals surface area contributed by atoms with Crippen LogP contribution >= 0.6 is 0 Å². The fraction of sp³-hybridized carbons (Fsp3) is 0.423. The first-order valence-corrected chi connectivity index (χ1v) is 11.6. The Hall–Kier alpha value is -3.35. The van der Waals surface area contributed by atoms with Gasteiger partial charge < -0.3 is 20.5 Å². The fourth-order valence-corrected chi connectivity index (χ4v) is 5.33. The molecule has 0 radical (unpaired) electrons. The molecule has 2 aromatic carbocycles. The molecule has 172 valence electrons. The van der Waals surface area contributed by atoms with Crippen LogP contribution in [0.4, 0.5) is 4.79 Å². The lowest BCUT2D eigenvalue weighted by molar-refractivity contribution is -0.138. The molecule has 0 heterocycles. The number of aliphatic carboxylic acids is 1. The Morgan fingerprint density at radius 2 is 1.61 bits per heavy atom. The van der Waals surface area contributed by atoms with E-state index in [0.29, 0.717) is 19.3 Å². The number of hydrogen-bond donors (Lipinski definition) is 3. The van der Waals surface area contributed by atoms with Crippen molar-refractivity contribution in [3.63, 3.8) is 0 Å². The van der Waals surface area contributed by atoms with Crippen molar-refractivity contribution in [3.8, 4) is 11.1 Å². The van der Waals surface area contributed by atoms with Crippen molar-refractivity contribution in [3.05, 3.63) is 59.7 Å². The SMILES string of the molecule is O=C(O)CC1CCC(NC(=O)C2(NC(=O)OCC3c4ccccc4-c4ccccc43)CC2)C1. The molecule has 3 aliphatic carbocycles. The first kappa shape index (κ1) is 21.5. The highest BCUT2D eigenvalue weighted by Crippen LogP contribution is 2.44. The zero-order valence-corrected chi connectivity index (χ0v) is 18.4. The van der Waals surface area contributed by atoms with Gasteiger partial charge in [-0.2, -0.15) is 0 Å². The van der Waals surface area contributed by atoms with Crippen LogP contribution in [-0.2, 0) is 14.3 Å². The van der Waals surface area contributed by atoms with E-state index in [4.69, 9.17) is 9.84 Å². The highest BCUT2D eigenvalue weighted by Gasteiger charge is 2.52. The minimum absolute atomic E-state index is 0.0308. The molecule has 2 fully saturated rings. The normalized spacial score (nSPS) is 22.2. The molecule has 5 rings (SSSR count). The minimum atomic E-state index is -0.909. The van der Waals surface area contributed by atoms with Gasteiger partial charge in [-0.05, 0) is 60.3 Å². The van der Waals surface area contributed by atoms with E-state index in [2.05, 4.69) is 34.9 Å². The van der Waals surface area contributed by atoms with Crippen molar-refractivity contribution in [1.82, 2.24) is 10.6 Å². The van der Waals surface area contributed by atoms with Crippen molar-refractivity contribution in [2.75, 3.05) is 6.61 Å². The summed E-state index contributed by atoms with van der Waals surface area (Å²) in [6.07, 6.45) is 2.94. The summed E-state index contributed by atoms with van der Waals surface area (Å²) in [5, 5.41) is 14.8. The predicted molar refractivity (Wildman–Crippen MR) is 122 cm³/mol. The summed E-state index contributed by atoms with van der Waals surface area (Å²) in [7, 11) is 0. The van der Waals surface area contributed by atoms with E-state index in [0.717, 1.165) is 35.1 Å². The zero-order chi connectivity index (χ0) is 23.0. The lowest BCUT2D eigenvalue weighted by atomic mass is 9.98. The maximum Gasteiger partial charge on any atom is 0.408 e. The fourth-order valence-electron chi connectivity index (χ4n) is 5.33. The topological polar surface area (TPSA) is 105 Å². The average Bonchev–Trinajstić information content (AvgIpc) is 3.34. The van der Waals surface area contributed by atoms with Gasteiger partial charge >= 0.3 is 12.1 Å². The number of ether oxygens (including phenoxy) is 1. The van der Waals surface area contributed by atoms with Crippen LogP contribution in [0.1, 0.15) is 55.6 Å². The van der Waals surface area contributed by atoms with Crippen LogP contribution in [0, 0.1) is 5.92 Å². The molecule has 0 saturated heterocycles. The number of fused-ring (bicyclic) bond motifs is 3. The number of rotatable bonds is 7. The Morgan fingerprint density at radius 1 is 0.970 bits per heavy atom. The van der Waals surface area contributed by atoms with Gasteiger partial charge in [-0.3, -0.25) is 9.59 Å². The molecule has 2 aromatic rings. The van der Waals surface area contributed by atoms with E-state index in [1.807, 2.05) is 24.3 Å². The van der Waals surface area contributed by atoms with Crippen molar-refractivity contribution in [2.24, 2.45) is 5.92 Å².